The molecule has 6 heteroatoms. The van der Waals surface area contributed by atoms with Gasteiger partial charge in [-0.15, -0.1) is 0 Å². The van der Waals surface area contributed by atoms with Gasteiger partial charge in [0.15, 0.2) is 6.10 Å². The summed E-state index contributed by atoms with van der Waals surface area (Å²) in [5.74, 6) is -1.27. The minimum atomic E-state index is -1.41. The Labute approximate surface area is 82.5 Å². The first kappa shape index (κ1) is 12.7. The molecule has 82 valence electrons. The maximum Gasteiger partial charge on any atom is 0.332 e. The van der Waals surface area contributed by atoms with Gasteiger partial charge >= 0.3 is 12.0 Å². The van der Waals surface area contributed by atoms with Gasteiger partial charge in [-0.05, 0) is 6.92 Å². The van der Waals surface area contributed by atoms with Crippen LogP contribution in [0.5, 0.6) is 0 Å². The molecular weight excluding hydrogens is 188 g/mol. The van der Waals surface area contributed by atoms with Crippen LogP contribution in [0, 0.1) is 0 Å². The van der Waals surface area contributed by atoms with Crippen molar-refractivity contribution in [2.45, 2.75) is 19.4 Å². The van der Waals surface area contributed by atoms with Gasteiger partial charge < -0.3 is 20.4 Å². The summed E-state index contributed by atoms with van der Waals surface area (Å²) in [4.78, 5) is 22.8. The van der Waals surface area contributed by atoms with Crippen molar-refractivity contribution in [3.8, 4) is 0 Å². The molecule has 1 atom stereocenters. The average Bonchev–Trinajstić information content (AvgIpc) is 2.15. The van der Waals surface area contributed by atoms with E-state index in [0.29, 0.717) is 6.54 Å². The molecule has 0 aromatic heterocycles. The maximum absolute atomic E-state index is 11.1. The van der Waals surface area contributed by atoms with Crippen LogP contribution in [0.1, 0.15) is 13.3 Å². The second kappa shape index (κ2) is 6.20. The monoisotopic (exact) mass is 204 g/mol. The molecule has 0 fully saturated rings. The highest BCUT2D eigenvalue weighted by atomic mass is 16.4. The van der Waals surface area contributed by atoms with Crippen LogP contribution in [-0.2, 0) is 4.79 Å². The molecule has 0 spiro atoms. The van der Waals surface area contributed by atoms with Crippen molar-refractivity contribution < 1.29 is 19.8 Å². The molecule has 6 nitrogen and oxygen atoms in total. The van der Waals surface area contributed by atoms with E-state index in [4.69, 9.17) is 10.2 Å². The summed E-state index contributed by atoms with van der Waals surface area (Å²) in [6.45, 7) is 2.55. The zero-order valence-electron chi connectivity index (χ0n) is 8.36. The SMILES string of the molecule is CCN(C)C(=O)NCC[C@H](O)C(=O)O. The fourth-order valence-corrected chi connectivity index (χ4v) is 0.718. The highest BCUT2D eigenvalue weighted by molar-refractivity contribution is 5.74. The number of nitrogens with zero attached hydrogens (tertiary/aromatic N) is 1. The fourth-order valence-electron chi connectivity index (χ4n) is 0.718. The van der Waals surface area contributed by atoms with Crippen molar-refractivity contribution in [2.75, 3.05) is 20.1 Å². The third-order valence-electron chi connectivity index (χ3n) is 1.80. The van der Waals surface area contributed by atoms with Crippen molar-refractivity contribution >= 4 is 12.0 Å². The molecule has 0 rings (SSSR count). The topological polar surface area (TPSA) is 89.9 Å². The normalized spacial score (nSPS) is 11.9. The molecule has 3 N–H and O–H groups in total. The summed E-state index contributed by atoms with van der Waals surface area (Å²) in [5, 5.41) is 19.7. The predicted octanol–water partition coefficient (Wildman–Crippen LogP) is -0.517. The summed E-state index contributed by atoms with van der Waals surface area (Å²) >= 11 is 0. The fraction of sp³-hybridized carbons (Fsp3) is 0.750. The lowest BCUT2D eigenvalue weighted by molar-refractivity contribution is -0.146. The molecule has 2 amide bonds. The van der Waals surface area contributed by atoms with E-state index >= 15 is 0 Å². The number of hydrogen-bond acceptors (Lipinski definition) is 3. The zero-order valence-corrected chi connectivity index (χ0v) is 8.36. The lowest BCUT2D eigenvalue weighted by Crippen LogP contribution is -2.38. The van der Waals surface area contributed by atoms with Crippen LogP contribution in [0.4, 0.5) is 4.79 Å². The van der Waals surface area contributed by atoms with Crippen LogP contribution in [0.3, 0.4) is 0 Å². The number of aliphatic carboxylic acids is 1. The molecule has 0 radical (unpaired) electrons. The van der Waals surface area contributed by atoms with Gasteiger partial charge in [-0.25, -0.2) is 9.59 Å². The lowest BCUT2D eigenvalue weighted by Gasteiger charge is -2.15. The number of aliphatic hydroxyl groups excluding tert-OH is 1. The molecule has 0 heterocycles. The van der Waals surface area contributed by atoms with E-state index in [1.807, 2.05) is 6.92 Å². The Morgan fingerprint density at radius 1 is 1.50 bits per heavy atom. The number of carbonyl (C=O) groups excluding carboxylic acids is 1. The van der Waals surface area contributed by atoms with Crippen LogP contribution in [-0.4, -0.2) is 53.4 Å². The molecule has 0 aliphatic heterocycles. The van der Waals surface area contributed by atoms with Crippen LogP contribution >= 0.6 is 0 Å². The molecule has 0 aliphatic rings. The van der Waals surface area contributed by atoms with Crippen LogP contribution in [0.2, 0.25) is 0 Å². The second-order valence-corrected chi connectivity index (χ2v) is 2.89. The third kappa shape index (κ3) is 4.66. The van der Waals surface area contributed by atoms with E-state index in [0.717, 1.165) is 0 Å². The van der Waals surface area contributed by atoms with E-state index < -0.39 is 12.1 Å². The van der Waals surface area contributed by atoms with Crippen LogP contribution in [0.25, 0.3) is 0 Å². The summed E-state index contributed by atoms with van der Waals surface area (Å²) in [6.07, 6.45) is -1.40. The predicted molar refractivity (Wildman–Crippen MR) is 50.0 cm³/mol. The quantitative estimate of drug-likeness (QED) is 0.562. The molecular formula is C8H16N2O4. The minimum Gasteiger partial charge on any atom is -0.479 e. The van der Waals surface area contributed by atoms with Gasteiger partial charge in [0.05, 0.1) is 0 Å². The second-order valence-electron chi connectivity index (χ2n) is 2.89. The first-order valence-corrected chi connectivity index (χ1v) is 4.38. The van der Waals surface area contributed by atoms with E-state index in [-0.39, 0.29) is 19.0 Å². The third-order valence-corrected chi connectivity index (χ3v) is 1.80. The highest BCUT2D eigenvalue weighted by Crippen LogP contribution is 1.90. The largest absolute Gasteiger partial charge is 0.479 e. The van der Waals surface area contributed by atoms with Gasteiger partial charge in [-0.3, -0.25) is 0 Å². The molecule has 14 heavy (non-hydrogen) atoms. The van der Waals surface area contributed by atoms with Crippen LogP contribution in [0.15, 0.2) is 0 Å². The molecule has 0 unspecified atom stereocenters. The number of urea groups is 1. The van der Waals surface area contributed by atoms with Gasteiger partial charge in [-0.1, -0.05) is 0 Å². The number of nitrogens with one attached hydrogen (secondary N) is 1. The number of carboxylic acid groups (broad SMARTS) is 1. The number of amides is 2. The van der Waals surface area contributed by atoms with Gasteiger partial charge in [0, 0.05) is 26.6 Å². The Morgan fingerprint density at radius 3 is 2.50 bits per heavy atom. The summed E-state index contributed by atoms with van der Waals surface area (Å²) in [7, 11) is 1.63. The molecule has 0 aliphatic carbocycles. The average molecular weight is 204 g/mol. The Bertz CT molecular complexity index is 208. The Kier molecular flexibility index (Phi) is 5.62. The lowest BCUT2D eigenvalue weighted by atomic mass is 10.2. The number of carboxylic acids is 1. The maximum atomic E-state index is 11.1. The van der Waals surface area contributed by atoms with Gasteiger partial charge in [0.1, 0.15) is 0 Å². The smallest absolute Gasteiger partial charge is 0.332 e. The number of hydrogen-bond donors (Lipinski definition) is 3. The van der Waals surface area contributed by atoms with Crippen molar-refractivity contribution in [1.82, 2.24) is 10.2 Å². The first-order chi connectivity index (χ1) is 6.49. The molecule has 0 saturated carbocycles. The van der Waals surface area contributed by atoms with E-state index in [2.05, 4.69) is 5.32 Å². The Morgan fingerprint density at radius 2 is 2.07 bits per heavy atom. The van der Waals surface area contributed by atoms with E-state index in [1.54, 1.807) is 7.05 Å². The van der Waals surface area contributed by atoms with Gasteiger partial charge in [-0.2, -0.15) is 0 Å². The molecule has 0 aromatic rings. The summed E-state index contributed by atoms with van der Waals surface area (Å²) < 4.78 is 0. The molecule has 0 bridgehead atoms. The standard InChI is InChI=1S/C8H16N2O4/c1-3-10(2)8(14)9-5-4-6(11)7(12)13/h6,11H,3-5H2,1-2H3,(H,9,14)(H,12,13)/t6-/m0/s1. The van der Waals surface area contributed by atoms with Gasteiger partial charge in [0.25, 0.3) is 0 Å². The Hall–Kier alpha value is -1.30. The van der Waals surface area contributed by atoms with Crippen molar-refractivity contribution in [2.24, 2.45) is 0 Å². The molecule has 0 saturated heterocycles. The zero-order chi connectivity index (χ0) is 11.1. The van der Waals surface area contributed by atoms with Crippen molar-refractivity contribution in [3.05, 3.63) is 0 Å². The summed E-state index contributed by atoms with van der Waals surface area (Å²) in [5.41, 5.74) is 0. The number of carbonyl (C=O) groups is 2. The van der Waals surface area contributed by atoms with Crippen molar-refractivity contribution in [1.29, 1.82) is 0 Å². The molecule has 0 aromatic carbocycles. The van der Waals surface area contributed by atoms with Crippen molar-refractivity contribution in [3.63, 3.8) is 0 Å². The van der Waals surface area contributed by atoms with Gasteiger partial charge in [0.2, 0.25) is 0 Å². The number of rotatable bonds is 5. The van der Waals surface area contributed by atoms with E-state index in [9.17, 15) is 9.59 Å². The Balaban J connectivity index is 3.64. The van der Waals surface area contributed by atoms with E-state index in [1.165, 1.54) is 4.90 Å². The highest BCUT2D eigenvalue weighted by Gasteiger charge is 2.13. The minimum absolute atomic E-state index is 0.0125. The summed E-state index contributed by atoms with van der Waals surface area (Å²) in [6, 6.07) is -0.273. The first-order valence-electron chi connectivity index (χ1n) is 4.38. The van der Waals surface area contributed by atoms with Crippen LogP contribution < -0.4 is 5.32 Å². The number of aliphatic hydroxyl groups is 1.